The second-order valence-corrected chi connectivity index (χ2v) is 5.87. The summed E-state index contributed by atoms with van der Waals surface area (Å²) >= 11 is 0. The third kappa shape index (κ3) is 2.39. The molecule has 0 amide bonds. The second-order valence-electron chi connectivity index (χ2n) is 5.87. The van der Waals surface area contributed by atoms with E-state index in [1.807, 2.05) is 6.07 Å². The van der Waals surface area contributed by atoms with Crippen LogP contribution in [0, 0.1) is 0 Å². The molecular formula is C16H23NO. The van der Waals surface area contributed by atoms with Gasteiger partial charge in [-0.25, -0.2) is 0 Å². The van der Waals surface area contributed by atoms with E-state index in [0.29, 0.717) is 5.41 Å². The molecule has 2 aliphatic carbocycles. The molecule has 2 aliphatic rings. The van der Waals surface area contributed by atoms with Crippen molar-refractivity contribution >= 4 is 0 Å². The van der Waals surface area contributed by atoms with Gasteiger partial charge in [0.1, 0.15) is 5.75 Å². The summed E-state index contributed by atoms with van der Waals surface area (Å²) in [5.74, 6) is 0.991. The summed E-state index contributed by atoms with van der Waals surface area (Å²) in [6, 6.07) is 9.49. The van der Waals surface area contributed by atoms with Gasteiger partial charge in [0.15, 0.2) is 0 Å². The highest BCUT2D eigenvalue weighted by Gasteiger charge is 2.37. The number of hydrogen-bond donors (Lipinski definition) is 1. The largest absolute Gasteiger partial charge is 0.497 e. The maximum absolute atomic E-state index is 5.38. The Balaban J connectivity index is 1.81. The van der Waals surface area contributed by atoms with Crippen molar-refractivity contribution in [2.24, 2.45) is 0 Å². The number of hydrogen-bond acceptors (Lipinski definition) is 2. The standard InChI is InChI=1S/C16H23NO/c1-18-15-6-4-5-13(11-15)16(9-2-3-10-16)12-17-14-7-8-14/h4-6,11,14,17H,2-3,7-10,12H2,1H3. The Hall–Kier alpha value is -1.02. The van der Waals surface area contributed by atoms with Crippen LogP contribution in [0.15, 0.2) is 24.3 Å². The molecule has 0 saturated heterocycles. The second kappa shape index (κ2) is 4.93. The maximum Gasteiger partial charge on any atom is 0.119 e. The first-order valence-corrected chi connectivity index (χ1v) is 7.20. The van der Waals surface area contributed by atoms with E-state index in [-0.39, 0.29) is 0 Å². The number of methoxy groups -OCH3 is 1. The molecule has 2 fully saturated rings. The van der Waals surface area contributed by atoms with Gasteiger partial charge < -0.3 is 10.1 Å². The van der Waals surface area contributed by atoms with Crippen LogP contribution in [0.4, 0.5) is 0 Å². The van der Waals surface area contributed by atoms with Crippen molar-refractivity contribution in [2.75, 3.05) is 13.7 Å². The van der Waals surface area contributed by atoms with Crippen molar-refractivity contribution in [1.82, 2.24) is 5.32 Å². The van der Waals surface area contributed by atoms with Gasteiger partial charge in [-0.3, -0.25) is 0 Å². The van der Waals surface area contributed by atoms with E-state index >= 15 is 0 Å². The lowest BCUT2D eigenvalue weighted by Gasteiger charge is -2.30. The first kappa shape index (κ1) is 12.0. The van der Waals surface area contributed by atoms with Crippen molar-refractivity contribution in [1.29, 1.82) is 0 Å². The average molecular weight is 245 g/mol. The number of rotatable bonds is 5. The molecule has 2 heteroatoms. The van der Waals surface area contributed by atoms with E-state index in [2.05, 4.69) is 23.5 Å². The molecule has 18 heavy (non-hydrogen) atoms. The highest BCUT2D eigenvalue weighted by molar-refractivity contribution is 5.35. The zero-order valence-electron chi connectivity index (χ0n) is 11.2. The fourth-order valence-electron chi connectivity index (χ4n) is 3.20. The first-order chi connectivity index (χ1) is 8.82. The summed E-state index contributed by atoms with van der Waals surface area (Å²) < 4.78 is 5.38. The molecule has 98 valence electrons. The van der Waals surface area contributed by atoms with Crippen LogP contribution in [0.3, 0.4) is 0 Å². The monoisotopic (exact) mass is 245 g/mol. The summed E-state index contributed by atoms with van der Waals surface area (Å²) in [6.07, 6.45) is 8.11. The molecule has 0 unspecified atom stereocenters. The highest BCUT2D eigenvalue weighted by Crippen LogP contribution is 2.42. The number of benzene rings is 1. The van der Waals surface area contributed by atoms with Gasteiger partial charge in [0, 0.05) is 18.0 Å². The van der Waals surface area contributed by atoms with E-state index in [1.165, 1.54) is 44.1 Å². The summed E-state index contributed by atoms with van der Waals surface area (Å²) in [4.78, 5) is 0. The summed E-state index contributed by atoms with van der Waals surface area (Å²) in [5.41, 5.74) is 1.82. The zero-order valence-corrected chi connectivity index (χ0v) is 11.2. The van der Waals surface area contributed by atoms with Gasteiger partial charge in [-0.15, -0.1) is 0 Å². The summed E-state index contributed by atoms with van der Waals surface area (Å²) in [6.45, 7) is 1.14. The van der Waals surface area contributed by atoms with Gasteiger partial charge in [-0.1, -0.05) is 25.0 Å². The van der Waals surface area contributed by atoms with Crippen LogP contribution in [0.1, 0.15) is 44.1 Å². The molecule has 1 aromatic rings. The van der Waals surface area contributed by atoms with Crippen LogP contribution in [0.25, 0.3) is 0 Å². The van der Waals surface area contributed by atoms with Gasteiger partial charge in [0.2, 0.25) is 0 Å². The molecule has 2 nitrogen and oxygen atoms in total. The predicted molar refractivity (Wildman–Crippen MR) is 74.2 cm³/mol. The molecule has 0 bridgehead atoms. The highest BCUT2D eigenvalue weighted by atomic mass is 16.5. The van der Waals surface area contributed by atoms with Gasteiger partial charge >= 0.3 is 0 Å². The van der Waals surface area contributed by atoms with Crippen molar-refractivity contribution in [3.63, 3.8) is 0 Å². The normalized spacial score (nSPS) is 22.1. The van der Waals surface area contributed by atoms with Crippen LogP contribution >= 0.6 is 0 Å². The fourth-order valence-corrected chi connectivity index (χ4v) is 3.20. The fraction of sp³-hybridized carbons (Fsp3) is 0.625. The average Bonchev–Trinajstić information content (AvgIpc) is 3.14. The third-order valence-corrected chi connectivity index (χ3v) is 4.55. The quantitative estimate of drug-likeness (QED) is 0.859. The molecular weight excluding hydrogens is 222 g/mol. The molecule has 0 heterocycles. The van der Waals surface area contributed by atoms with Crippen molar-refractivity contribution < 1.29 is 4.74 Å². The lowest BCUT2D eigenvalue weighted by atomic mass is 9.78. The Morgan fingerprint density at radius 3 is 2.72 bits per heavy atom. The minimum Gasteiger partial charge on any atom is -0.497 e. The molecule has 3 rings (SSSR count). The Morgan fingerprint density at radius 1 is 1.28 bits per heavy atom. The molecule has 0 aliphatic heterocycles. The molecule has 0 aromatic heterocycles. The zero-order chi connectivity index (χ0) is 12.4. The van der Waals surface area contributed by atoms with Crippen molar-refractivity contribution in [2.45, 2.75) is 50.0 Å². The molecule has 0 spiro atoms. The summed E-state index contributed by atoms with van der Waals surface area (Å²) in [5, 5.41) is 3.73. The third-order valence-electron chi connectivity index (χ3n) is 4.55. The van der Waals surface area contributed by atoms with Crippen LogP contribution in [-0.2, 0) is 5.41 Å². The molecule has 0 radical (unpaired) electrons. The Bertz CT molecular complexity index is 405. The van der Waals surface area contributed by atoms with E-state index < -0.39 is 0 Å². The van der Waals surface area contributed by atoms with Crippen LogP contribution < -0.4 is 10.1 Å². The topological polar surface area (TPSA) is 21.3 Å². The Kier molecular flexibility index (Phi) is 3.29. The molecule has 1 N–H and O–H groups in total. The van der Waals surface area contributed by atoms with Gasteiger partial charge in [0.25, 0.3) is 0 Å². The minimum atomic E-state index is 0.358. The van der Waals surface area contributed by atoms with Crippen molar-refractivity contribution in [3.05, 3.63) is 29.8 Å². The predicted octanol–water partition coefficient (Wildman–Crippen LogP) is 3.26. The van der Waals surface area contributed by atoms with E-state index in [0.717, 1.165) is 18.3 Å². The van der Waals surface area contributed by atoms with Gasteiger partial charge in [-0.2, -0.15) is 0 Å². The Morgan fingerprint density at radius 2 is 2.06 bits per heavy atom. The summed E-state index contributed by atoms with van der Waals surface area (Å²) in [7, 11) is 1.75. The molecule has 0 atom stereocenters. The van der Waals surface area contributed by atoms with E-state index in [1.54, 1.807) is 7.11 Å². The Labute approximate surface area is 110 Å². The number of ether oxygens (including phenoxy) is 1. The lowest BCUT2D eigenvalue weighted by molar-refractivity contribution is 0.392. The van der Waals surface area contributed by atoms with Crippen LogP contribution in [0.2, 0.25) is 0 Å². The SMILES string of the molecule is COc1cccc(C2(CNC3CC3)CCCC2)c1. The van der Waals surface area contributed by atoms with E-state index in [4.69, 9.17) is 4.74 Å². The van der Waals surface area contributed by atoms with Crippen LogP contribution in [-0.4, -0.2) is 19.7 Å². The first-order valence-electron chi connectivity index (χ1n) is 7.20. The maximum atomic E-state index is 5.38. The van der Waals surface area contributed by atoms with Gasteiger partial charge in [-0.05, 0) is 43.4 Å². The van der Waals surface area contributed by atoms with Gasteiger partial charge in [0.05, 0.1) is 7.11 Å². The van der Waals surface area contributed by atoms with Crippen LogP contribution in [0.5, 0.6) is 5.75 Å². The minimum absolute atomic E-state index is 0.358. The molecule has 2 saturated carbocycles. The lowest BCUT2D eigenvalue weighted by Crippen LogP contribution is -2.36. The van der Waals surface area contributed by atoms with Crippen molar-refractivity contribution in [3.8, 4) is 5.75 Å². The van der Waals surface area contributed by atoms with E-state index in [9.17, 15) is 0 Å². The molecule has 1 aromatic carbocycles. The number of nitrogens with one attached hydrogen (secondary N) is 1. The smallest absolute Gasteiger partial charge is 0.119 e.